The zero-order valence-corrected chi connectivity index (χ0v) is 23.8. The van der Waals surface area contributed by atoms with Gasteiger partial charge in [0, 0.05) is 35.8 Å². The molecule has 210 valence electrons. The van der Waals surface area contributed by atoms with Crippen molar-refractivity contribution in [2.24, 2.45) is 7.05 Å². The summed E-state index contributed by atoms with van der Waals surface area (Å²) < 4.78 is 41.8. The van der Waals surface area contributed by atoms with E-state index in [1.165, 1.54) is 17.1 Å². The molecule has 1 N–H and O–H groups in total. The van der Waals surface area contributed by atoms with E-state index >= 15 is 0 Å². The number of sulfonamides is 1. The number of para-hydroxylation sites is 1. The van der Waals surface area contributed by atoms with Gasteiger partial charge in [0.15, 0.2) is 5.76 Å². The van der Waals surface area contributed by atoms with Gasteiger partial charge in [0.25, 0.3) is 15.9 Å². The third-order valence-corrected chi connectivity index (χ3v) is 8.40. The number of benzene rings is 2. The summed E-state index contributed by atoms with van der Waals surface area (Å²) in [6, 6.07) is 15.1. The number of aryl methyl sites for hydroxylation is 4. The summed E-state index contributed by atoms with van der Waals surface area (Å²) in [7, 11) is -2.36. The van der Waals surface area contributed by atoms with Gasteiger partial charge in [0.2, 0.25) is 11.8 Å². The molecule has 1 aliphatic heterocycles. The van der Waals surface area contributed by atoms with Crippen molar-refractivity contribution in [1.29, 1.82) is 0 Å². The Balaban J connectivity index is 1.25. The van der Waals surface area contributed by atoms with Crippen LogP contribution in [0.4, 0.5) is 5.95 Å². The molecule has 6 rings (SSSR count). The molecule has 1 saturated heterocycles. The van der Waals surface area contributed by atoms with Crippen LogP contribution in [-0.4, -0.2) is 58.2 Å². The first-order valence-electron chi connectivity index (χ1n) is 13.0. The lowest BCUT2D eigenvalue weighted by molar-refractivity contribution is 0.0139. The molecule has 11 nitrogen and oxygen atoms in total. The van der Waals surface area contributed by atoms with Crippen molar-refractivity contribution >= 4 is 32.8 Å². The van der Waals surface area contributed by atoms with Crippen molar-refractivity contribution in [3.63, 3.8) is 0 Å². The van der Waals surface area contributed by atoms with E-state index in [2.05, 4.69) is 19.8 Å². The molecule has 4 heterocycles. The number of hydrogen-bond acceptors (Lipinski definition) is 8. The lowest BCUT2D eigenvalue weighted by atomic mass is 10.00. The van der Waals surface area contributed by atoms with Crippen LogP contribution >= 0.6 is 0 Å². The van der Waals surface area contributed by atoms with E-state index in [1.54, 1.807) is 18.0 Å². The molecule has 0 spiro atoms. The van der Waals surface area contributed by atoms with Crippen molar-refractivity contribution in [1.82, 2.24) is 24.6 Å². The number of fused-ring (bicyclic) bond motifs is 1. The molecular weight excluding hydrogens is 544 g/mol. The minimum atomic E-state index is -3.99. The fourth-order valence-corrected chi connectivity index (χ4v) is 5.89. The molecule has 2 aromatic carbocycles. The van der Waals surface area contributed by atoms with Crippen molar-refractivity contribution in [2.45, 2.75) is 31.8 Å². The number of carbonyl (C=O) groups excluding carboxylic acids is 1. The van der Waals surface area contributed by atoms with Crippen LogP contribution in [-0.2, 0) is 17.1 Å². The van der Waals surface area contributed by atoms with Gasteiger partial charge in [-0.15, -0.1) is 0 Å². The van der Waals surface area contributed by atoms with E-state index < -0.39 is 10.0 Å². The van der Waals surface area contributed by atoms with Gasteiger partial charge in [-0.05, 0) is 38.0 Å². The Morgan fingerprint density at radius 1 is 1.05 bits per heavy atom. The molecule has 0 atom stereocenters. The molecule has 41 heavy (non-hydrogen) atoms. The maximum absolute atomic E-state index is 13.1. The maximum atomic E-state index is 13.1. The van der Waals surface area contributed by atoms with Gasteiger partial charge in [0.05, 0.1) is 25.0 Å². The van der Waals surface area contributed by atoms with Crippen LogP contribution in [0.5, 0.6) is 5.88 Å². The molecule has 1 aliphatic rings. The Kier molecular flexibility index (Phi) is 6.49. The number of likely N-dealkylation sites (tertiary alicyclic amines) is 1. The highest BCUT2D eigenvalue weighted by Gasteiger charge is 2.36. The monoisotopic (exact) mass is 572 g/mol. The summed E-state index contributed by atoms with van der Waals surface area (Å²) in [5, 5.41) is 4.85. The molecule has 12 heteroatoms. The third-order valence-electron chi connectivity index (χ3n) is 7.12. The molecule has 1 fully saturated rings. The van der Waals surface area contributed by atoms with Gasteiger partial charge in [-0.25, -0.2) is 18.1 Å². The van der Waals surface area contributed by atoms with Crippen LogP contribution in [0.15, 0.2) is 70.2 Å². The number of nitrogens with one attached hydrogen (secondary N) is 1. The van der Waals surface area contributed by atoms with Crippen LogP contribution in [0.2, 0.25) is 0 Å². The van der Waals surface area contributed by atoms with E-state index in [-0.39, 0.29) is 28.7 Å². The number of aromatic nitrogens is 4. The molecule has 3 aromatic heterocycles. The summed E-state index contributed by atoms with van der Waals surface area (Å²) >= 11 is 0. The van der Waals surface area contributed by atoms with E-state index in [1.807, 2.05) is 63.2 Å². The standard InChI is InChI=1S/C29H28N6O5S/c1-17-8-7-9-18(2)26(17)23-12-25(32-29(31-23)33-41(37,38)21-13-30-34(4)16-21)39-20-14-35(15-20)28(36)27-19(3)22-10-5-6-11-24(22)40-27/h5-13,16,20H,14-15H2,1-4H3,(H,31,32,33). The van der Waals surface area contributed by atoms with Gasteiger partial charge in [-0.2, -0.15) is 10.1 Å². The first-order chi connectivity index (χ1) is 19.6. The Morgan fingerprint density at radius 2 is 1.78 bits per heavy atom. The predicted octanol–water partition coefficient (Wildman–Crippen LogP) is 4.25. The van der Waals surface area contributed by atoms with Crippen LogP contribution in [0.25, 0.3) is 22.2 Å². The number of hydrogen-bond donors (Lipinski definition) is 1. The van der Waals surface area contributed by atoms with Crippen molar-refractivity contribution < 1.29 is 22.4 Å². The third kappa shape index (κ3) is 5.02. The summed E-state index contributed by atoms with van der Waals surface area (Å²) in [4.78, 5) is 23.7. The maximum Gasteiger partial charge on any atom is 0.290 e. The Hall–Kier alpha value is -4.71. The number of amides is 1. The van der Waals surface area contributed by atoms with E-state index in [0.29, 0.717) is 30.1 Å². The SMILES string of the molecule is Cc1cccc(C)c1-c1cc(OC2CN(C(=O)c3oc4ccccc4c3C)C2)nc(NS(=O)(=O)c2cnn(C)c2)n1. The summed E-state index contributed by atoms with van der Waals surface area (Å²) in [6.45, 7) is 6.44. The van der Waals surface area contributed by atoms with Crippen LogP contribution in [0.1, 0.15) is 27.2 Å². The van der Waals surface area contributed by atoms with Crippen LogP contribution < -0.4 is 9.46 Å². The van der Waals surface area contributed by atoms with Crippen LogP contribution in [0.3, 0.4) is 0 Å². The predicted molar refractivity (Wildman–Crippen MR) is 152 cm³/mol. The molecule has 0 radical (unpaired) electrons. The van der Waals surface area contributed by atoms with E-state index in [0.717, 1.165) is 27.6 Å². The molecule has 0 aliphatic carbocycles. The smallest absolute Gasteiger partial charge is 0.290 e. The Morgan fingerprint density at radius 3 is 2.46 bits per heavy atom. The van der Waals surface area contributed by atoms with Crippen LogP contribution in [0, 0.1) is 20.8 Å². The highest BCUT2D eigenvalue weighted by atomic mass is 32.2. The number of rotatable bonds is 7. The second-order valence-corrected chi connectivity index (χ2v) is 11.8. The van der Waals surface area contributed by atoms with Gasteiger partial charge < -0.3 is 14.1 Å². The van der Waals surface area contributed by atoms with Crippen molar-refractivity contribution in [3.05, 3.63) is 83.4 Å². The zero-order chi connectivity index (χ0) is 28.9. The first kappa shape index (κ1) is 26.5. The van der Waals surface area contributed by atoms with E-state index in [4.69, 9.17) is 9.15 Å². The van der Waals surface area contributed by atoms with Crippen molar-refractivity contribution in [2.75, 3.05) is 17.8 Å². The molecule has 0 saturated carbocycles. The minimum absolute atomic E-state index is 0.0161. The number of nitrogens with zero attached hydrogens (tertiary/aromatic N) is 5. The van der Waals surface area contributed by atoms with Gasteiger partial charge in [-0.1, -0.05) is 36.4 Å². The lowest BCUT2D eigenvalue weighted by Gasteiger charge is -2.38. The molecular formula is C29H28N6O5S. The fourth-order valence-electron chi connectivity index (χ4n) is 4.97. The summed E-state index contributed by atoms with van der Waals surface area (Å²) in [6.07, 6.45) is 2.30. The van der Waals surface area contributed by atoms with E-state index in [9.17, 15) is 13.2 Å². The minimum Gasteiger partial charge on any atom is -0.470 e. The average Bonchev–Trinajstić information content (AvgIpc) is 3.49. The first-order valence-corrected chi connectivity index (χ1v) is 14.5. The largest absolute Gasteiger partial charge is 0.470 e. The highest BCUT2D eigenvalue weighted by Crippen LogP contribution is 2.31. The second kappa shape index (κ2) is 10.0. The summed E-state index contributed by atoms with van der Waals surface area (Å²) in [5.74, 6) is 0.172. The fraction of sp³-hybridized carbons (Fsp3) is 0.241. The normalized spacial score (nSPS) is 13.8. The Bertz CT molecular complexity index is 1890. The number of anilines is 1. The Labute approximate surface area is 236 Å². The zero-order valence-electron chi connectivity index (χ0n) is 23.0. The average molecular weight is 573 g/mol. The quantitative estimate of drug-likeness (QED) is 0.306. The number of furan rings is 1. The number of carbonyl (C=O) groups is 1. The molecule has 1 amide bonds. The second-order valence-electron chi connectivity index (χ2n) is 10.1. The van der Waals surface area contributed by atoms with Gasteiger partial charge >= 0.3 is 0 Å². The highest BCUT2D eigenvalue weighted by molar-refractivity contribution is 7.92. The van der Waals surface area contributed by atoms with Crippen molar-refractivity contribution in [3.8, 4) is 17.1 Å². The van der Waals surface area contributed by atoms with Gasteiger partial charge in [0.1, 0.15) is 16.6 Å². The topological polar surface area (TPSA) is 132 Å². The molecule has 0 bridgehead atoms. The molecule has 0 unspecified atom stereocenters. The lowest BCUT2D eigenvalue weighted by Crippen LogP contribution is -2.56. The summed E-state index contributed by atoms with van der Waals surface area (Å²) in [5.41, 5.74) is 4.78. The molecule has 5 aromatic rings. The van der Waals surface area contributed by atoms with Gasteiger partial charge in [-0.3, -0.25) is 9.48 Å². The number of ether oxygens (including phenoxy) is 1.